The van der Waals surface area contributed by atoms with E-state index in [1.54, 1.807) is 18.4 Å². The minimum Gasteiger partial charge on any atom is -0.454 e. The van der Waals surface area contributed by atoms with Gasteiger partial charge in [-0.05, 0) is 47.0 Å². The summed E-state index contributed by atoms with van der Waals surface area (Å²) in [5.74, 6) is 1.27. The Hall–Kier alpha value is -1.26. The number of aliphatic hydroxyl groups is 1. The first-order valence-corrected chi connectivity index (χ1v) is 5.94. The van der Waals surface area contributed by atoms with Crippen molar-refractivity contribution in [3.63, 3.8) is 0 Å². The van der Waals surface area contributed by atoms with E-state index in [0.29, 0.717) is 16.0 Å². The van der Waals surface area contributed by atoms with Crippen LogP contribution in [-0.4, -0.2) is 11.3 Å². The Balaban J connectivity index is 2.95. The number of dihydropyridines is 1. The Morgan fingerprint density at radius 2 is 2.24 bits per heavy atom. The lowest BCUT2D eigenvalue weighted by atomic mass is 10.1. The van der Waals surface area contributed by atoms with Crippen molar-refractivity contribution in [3.05, 3.63) is 58.7 Å². The molecule has 0 aromatic heterocycles. The molecule has 2 N–H and O–H groups in total. The zero-order chi connectivity index (χ0) is 13.0. The summed E-state index contributed by atoms with van der Waals surface area (Å²) >= 11 is 3.33. The van der Waals surface area contributed by atoms with Gasteiger partial charge in [0.1, 0.15) is 12.0 Å². The summed E-state index contributed by atoms with van der Waals surface area (Å²) in [6.07, 6.45) is 4.23. The Bertz CT molecular complexity index is 433. The van der Waals surface area contributed by atoms with Gasteiger partial charge >= 0.3 is 0 Å². The summed E-state index contributed by atoms with van der Waals surface area (Å²) in [6, 6.07) is 0. The number of ether oxygens (including phenoxy) is 1. The molecule has 0 saturated heterocycles. The molecule has 1 atom stereocenters. The second kappa shape index (κ2) is 5.89. The fourth-order valence-electron chi connectivity index (χ4n) is 1.28. The predicted molar refractivity (Wildman–Crippen MR) is 73.0 cm³/mol. The van der Waals surface area contributed by atoms with Gasteiger partial charge in [0.15, 0.2) is 5.76 Å². The molecule has 1 heterocycles. The highest BCUT2D eigenvalue weighted by Crippen LogP contribution is 2.27. The Morgan fingerprint density at radius 3 is 2.71 bits per heavy atom. The topological polar surface area (TPSA) is 41.5 Å². The first-order valence-electron chi connectivity index (χ1n) is 5.14. The second-order valence-corrected chi connectivity index (χ2v) is 4.59. The maximum absolute atomic E-state index is 9.33. The summed E-state index contributed by atoms with van der Waals surface area (Å²) in [6.45, 7) is 11.3. The van der Waals surface area contributed by atoms with Crippen LogP contribution in [0.15, 0.2) is 58.7 Å². The molecule has 0 spiro atoms. The van der Waals surface area contributed by atoms with Gasteiger partial charge in [-0.1, -0.05) is 19.2 Å². The van der Waals surface area contributed by atoms with Crippen LogP contribution in [0, 0.1) is 0 Å². The molecule has 0 amide bonds. The summed E-state index contributed by atoms with van der Waals surface area (Å²) in [5, 5.41) is 12.1. The quantitative estimate of drug-likeness (QED) is 0.619. The highest BCUT2D eigenvalue weighted by molar-refractivity contribution is 9.11. The van der Waals surface area contributed by atoms with E-state index in [2.05, 4.69) is 34.4 Å². The van der Waals surface area contributed by atoms with Crippen LogP contribution in [0.5, 0.6) is 0 Å². The highest BCUT2D eigenvalue weighted by Gasteiger charge is 2.15. The minimum absolute atomic E-state index is 0.592. The molecule has 0 saturated carbocycles. The Morgan fingerprint density at radius 1 is 1.59 bits per heavy atom. The Kier molecular flexibility index (Phi) is 4.78. The number of aliphatic hydroxyl groups excluding tert-OH is 1. The number of halogens is 1. The fraction of sp³-hybridized carbons (Fsp3) is 0.231. The van der Waals surface area contributed by atoms with Gasteiger partial charge in [-0.15, -0.1) is 0 Å². The van der Waals surface area contributed by atoms with Crippen LogP contribution in [-0.2, 0) is 4.74 Å². The Labute approximate surface area is 110 Å². The normalized spacial score (nSPS) is 20.6. The van der Waals surface area contributed by atoms with E-state index in [9.17, 15) is 5.11 Å². The second-order valence-electron chi connectivity index (χ2n) is 3.73. The molecule has 92 valence electrons. The first-order chi connectivity index (χ1) is 7.95. The predicted octanol–water partition coefficient (Wildman–Crippen LogP) is 3.08. The summed E-state index contributed by atoms with van der Waals surface area (Å²) in [7, 11) is 0. The molecule has 0 aromatic carbocycles. The van der Waals surface area contributed by atoms with Crippen molar-refractivity contribution in [2.75, 3.05) is 0 Å². The number of nitrogens with one attached hydrogen (secondary N) is 1. The maximum Gasteiger partial charge on any atom is 0.157 e. The van der Waals surface area contributed by atoms with E-state index < -0.39 is 6.23 Å². The number of hydrogen-bond donors (Lipinski definition) is 2. The van der Waals surface area contributed by atoms with E-state index >= 15 is 0 Å². The molecule has 0 aliphatic carbocycles. The number of hydrogen-bond acceptors (Lipinski definition) is 3. The fourth-order valence-corrected chi connectivity index (χ4v) is 1.73. The SMILES string of the molecule is C=C/C(C)=C(/OC1=CNC(O)C=C1Br)C(=C)C. The monoisotopic (exact) mass is 297 g/mol. The first kappa shape index (κ1) is 13.8. The summed E-state index contributed by atoms with van der Waals surface area (Å²) in [4.78, 5) is 0. The van der Waals surface area contributed by atoms with Crippen LogP contribution < -0.4 is 5.32 Å². The van der Waals surface area contributed by atoms with Crippen molar-refractivity contribution < 1.29 is 9.84 Å². The third-order valence-electron chi connectivity index (χ3n) is 2.19. The summed E-state index contributed by atoms with van der Waals surface area (Å²) in [5.41, 5.74) is 1.72. The molecule has 17 heavy (non-hydrogen) atoms. The molecule has 1 rings (SSSR count). The van der Waals surface area contributed by atoms with Crippen LogP contribution in [0.3, 0.4) is 0 Å². The lowest BCUT2D eigenvalue weighted by Crippen LogP contribution is -2.25. The molecule has 1 aliphatic rings. The summed E-state index contributed by atoms with van der Waals surface area (Å²) < 4.78 is 6.44. The molecule has 0 bridgehead atoms. The lowest BCUT2D eigenvalue weighted by molar-refractivity contribution is 0.193. The molecule has 0 radical (unpaired) electrons. The molecule has 1 unspecified atom stereocenters. The lowest BCUT2D eigenvalue weighted by Gasteiger charge is -2.19. The van der Waals surface area contributed by atoms with Gasteiger partial charge in [-0.25, -0.2) is 0 Å². The van der Waals surface area contributed by atoms with E-state index in [4.69, 9.17) is 4.74 Å². The smallest absolute Gasteiger partial charge is 0.157 e. The molecular weight excluding hydrogens is 282 g/mol. The van der Waals surface area contributed by atoms with Crippen LogP contribution in [0.4, 0.5) is 0 Å². The highest BCUT2D eigenvalue weighted by atomic mass is 79.9. The molecular formula is C13H16BrNO2. The van der Waals surface area contributed by atoms with Crippen molar-refractivity contribution in [2.45, 2.75) is 20.1 Å². The van der Waals surface area contributed by atoms with Crippen molar-refractivity contribution in [2.24, 2.45) is 0 Å². The average Bonchev–Trinajstić information content (AvgIpc) is 2.26. The van der Waals surface area contributed by atoms with E-state index in [1.165, 1.54) is 0 Å². The van der Waals surface area contributed by atoms with Crippen LogP contribution in [0.25, 0.3) is 0 Å². The molecule has 3 nitrogen and oxygen atoms in total. The van der Waals surface area contributed by atoms with Gasteiger partial charge in [0, 0.05) is 6.20 Å². The minimum atomic E-state index is -0.700. The van der Waals surface area contributed by atoms with Crippen LogP contribution in [0.1, 0.15) is 13.8 Å². The maximum atomic E-state index is 9.33. The molecule has 1 aliphatic heterocycles. The van der Waals surface area contributed by atoms with E-state index in [1.807, 2.05) is 13.8 Å². The van der Waals surface area contributed by atoms with E-state index in [0.717, 1.165) is 11.1 Å². The van der Waals surface area contributed by atoms with Gasteiger partial charge in [-0.3, -0.25) is 0 Å². The molecule has 0 fully saturated rings. The van der Waals surface area contributed by atoms with E-state index in [-0.39, 0.29) is 0 Å². The van der Waals surface area contributed by atoms with Crippen LogP contribution >= 0.6 is 15.9 Å². The van der Waals surface area contributed by atoms with Crippen molar-refractivity contribution >= 4 is 15.9 Å². The van der Waals surface area contributed by atoms with Gasteiger partial charge < -0.3 is 15.2 Å². The molecule has 4 heteroatoms. The van der Waals surface area contributed by atoms with Gasteiger partial charge in [0.05, 0.1) is 4.48 Å². The van der Waals surface area contributed by atoms with Crippen LogP contribution in [0.2, 0.25) is 0 Å². The largest absolute Gasteiger partial charge is 0.454 e. The zero-order valence-corrected chi connectivity index (χ0v) is 11.5. The average molecular weight is 298 g/mol. The molecule has 0 aromatic rings. The zero-order valence-electron chi connectivity index (χ0n) is 9.96. The third kappa shape index (κ3) is 3.61. The third-order valence-corrected chi connectivity index (χ3v) is 2.84. The number of allylic oxidation sites excluding steroid dienone is 4. The van der Waals surface area contributed by atoms with Gasteiger partial charge in [0.25, 0.3) is 0 Å². The van der Waals surface area contributed by atoms with Crippen molar-refractivity contribution in [1.82, 2.24) is 5.32 Å². The number of rotatable bonds is 4. The standard InChI is InChI=1S/C13H16BrNO2/c1-5-9(4)13(8(2)3)17-11-7-15-12(16)6-10(11)14/h5-7,12,15-16H,1-2H2,3-4H3/b13-9+. The van der Waals surface area contributed by atoms with Gasteiger partial charge in [-0.2, -0.15) is 0 Å². The van der Waals surface area contributed by atoms with Gasteiger partial charge in [0.2, 0.25) is 0 Å². The van der Waals surface area contributed by atoms with Crippen molar-refractivity contribution in [1.29, 1.82) is 0 Å². The van der Waals surface area contributed by atoms with Crippen molar-refractivity contribution in [3.8, 4) is 0 Å².